The molecule has 0 atom stereocenters. The quantitative estimate of drug-likeness (QED) is 0.779. The van der Waals surface area contributed by atoms with Crippen LogP contribution in [0, 0.1) is 0 Å². The standard InChI is InChI=1S/C8H9NO2S/c10-8(11)12-6-3-7-1-4-9-5-2-7/h1-2,4-5H,3,6H2,(H,10,11). The van der Waals surface area contributed by atoms with Crippen molar-refractivity contribution in [2.75, 3.05) is 5.75 Å². The second-order valence-electron chi connectivity index (χ2n) is 2.22. The number of hydrogen-bond donors (Lipinski definition) is 1. The average molecular weight is 183 g/mol. The average Bonchev–Trinajstić information content (AvgIpc) is 2.05. The molecule has 64 valence electrons. The maximum absolute atomic E-state index is 10.1. The lowest BCUT2D eigenvalue weighted by molar-refractivity contribution is 0.222. The van der Waals surface area contributed by atoms with Crippen LogP contribution in [0.15, 0.2) is 24.5 Å². The summed E-state index contributed by atoms with van der Waals surface area (Å²) in [5, 5.41) is 7.53. The van der Waals surface area contributed by atoms with E-state index in [1.54, 1.807) is 12.4 Å². The van der Waals surface area contributed by atoms with Crippen molar-refractivity contribution >= 4 is 17.1 Å². The Kier molecular flexibility index (Phi) is 3.60. The summed E-state index contributed by atoms with van der Waals surface area (Å²) in [6, 6.07) is 3.78. The van der Waals surface area contributed by atoms with Crippen LogP contribution in [0.3, 0.4) is 0 Å². The van der Waals surface area contributed by atoms with Crippen molar-refractivity contribution in [2.24, 2.45) is 0 Å². The largest absolute Gasteiger partial charge is 0.473 e. The lowest BCUT2D eigenvalue weighted by Crippen LogP contribution is -1.92. The zero-order valence-corrected chi connectivity index (χ0v) is 7.25. The fourth-order valence-corrected chi connectivity index (χ4v) is 1.32. The molecule has 0 unspecified atom stereocenters. The first-order valence-corrected chi connectivity index (χ1v) is 4.52. The molecule has 0 amide bonds. The minimum absolute atomic E-state index is 0.610. The van der Waals surface area contributed by atoms with Crippen LogP contribution in [0.5, 0.6) is 0 Å². The van der Waals surface area contributed by atoms with Crippen molar-refractivity contribution in [3.63, 3.8) is 0 Å². The molecule has 0 fully saturated rings. The van der Waals surface area contributed by atoms with E-state index < -0.39 is 5.30 Å². The molecule has 12 heavy (non-hydrogen) atoms. The maximum atomic E-state index is 10.1. The third-order valence-electron chi connectivity index (χ3n) is 1.37. The third kappa shape index (κ3) is 3.39. The fraction of sp³-hybridized carbons (Fsp3) is 0.250. The highest BCUT2D eigenvalue weighted by Gasteiger charge is 1.97. The van der Waals surface area contributed by atoms with Gasteiger partial charge in [0.2, 0.25) is 0 Å². The number of rotatable bonds is 3. The minimum Gasteiger partial charge on any atom is -0.473 e. The molecular weight excluding hydrogens is 174 g/mol. The Morgan fingerprint density at radius 1 is 1.50 bits per heavy atom. The molecular formula is C8H9NO2S. The monoisotopic (exact) mass is 183 g/mol. The Labute approximate surface area is 74.8 Å². The summed E-state index contributed by atoms with van der Waals surface area (Å²) < 4.78 is 0. The number of pyridine rings is 1. The molecule has 1 aromatic rings. The van der Waals surface area contributed by atoms with E-state index >= 15 is 0 Å². The number of carboxylic acid groups (broad SMARTS) is 1. The van der Waals surface area contributed by atoms with Crippen LogP contribution in [0.1, 0.15) is 5.56 Å². The smallest absolute Gasteiger partial charge is 0.364 e. The van der Waals surface area contributed by atoms with Gasteiger partial charge in [-0.1, -0.05) is 0 Å². The van der Waals surface area contributed by atoms with Gasteiger partial charge in [0.25, 0.3) is 0 Å². The number of aromatic nitrogens is 1. The number of aryl methyl sites for hydroxylation is 1. The van der Waals surface area contributed by atoms with Gasteiger partial charge in [-0.25, -0.2) is 4.79 Å². The Morgan fingerprint density at radius 2 is 2.17 bits per heavy atom. The fourth-order valence-electron chi connectivity index (χ4n) is 0.806. The van der Waals surface area contributed by atoms with Crippen LogP contribution in [-0.2, 0) is 6.42 Å². The van der Waals surface area contributed by atoms with Gasteiger partial charge < -0.3 is 5.11 Å². The van der Waals surface area contributed by atoms with Crippen LogP contribution in [0.2, 0.25) is 0 Å². The molecule has 1 heterocycles. The first-order chi connectivity index (χ1) is 5.79. The van der Waals surface area contributed by atoms with Crippen LogP contribution in [0.25, 0.3) is 0 Å². The molecule has 1 N–H and O–H groups in total. The molecule has 0 bridgehead atoms. The second-order valence-corrected chi connectivity index (χ2v) is 3.27. The second kappa shape index (κ2) is 4.77. The first kappa shape index (κ1) is 9.06. The summed E-state index contributed by atoms with van der Waals surface area (Å²) in [5.41, 5.74) is 1.12. The van der Waals surface area contributed by atoms with E-state index in [0.29, 0.717) is 5.75 Å². The minimum atomic E-state index is -0.816. The Hall–Kier alpha value is -1.03. The molecule has 4 heteroatoms. The summed E-state index contributed by atoms with van der Waals surface area (Å²) in [6.07, 6.45) is 4.20. The van der Waals surface area contributed by atoms with Crippen molar-refractivity contribution in [1.29, 1.82) is 0 Å². The van der Waals surface area contributed by atoms with Gasteiger partial charge in [0.05, 0.1) is 0 Å². The van der Waals surface area contributed by atoms with Gasteiger partial charge in [-0.3, -0.25) is 4.98 Å². The summed E-state index contributed by atoms with van der Waals surface area (Å²) in [6.45, 7) is 0. The van der Waals surface area contributed by atoms with Gasteiger partial charge in [0.15, 0.2) is 0 Å². The lowest BCUT2D eigenvalue weighted by atomic mass is 10.2. The van der Waals surface area contributed by atoms with E-state index in [9.17, 15) is 4.79 Å². The van der Waals surface area contributed by atoms with E-state index in [-0.39, 0.29) is 0 Å². The van der Waals surface area contributed by atoms with Crippen molar-refractivity contribution in [3.8, 4) is 0 Å². The molecule has 1 aromatic heterocycles. The van der Waals surface area contributed by atoms with Crippen molar-refractivity contribution in [3.05, 3.63) is 30.1 Å². The normalized spacial score (nSPS) is 9.67. The van der Waals surface area contributed by atoms with Crippen LogP contribution < -0.4 is 0 Å². The SMILES string of the molecule is O=C(O)SCCc1ccncc1. The molecule has 0 radical (unpaired) electrons. The van der Waals surface area contributed by atoms with E-state index in [4.69, 9.17) is 5.11 Å². The molecule has 1 rings (SSSR count). The molecule has 0 aliphatic carbocycles. The molecule has 0 aromatic carbocycles. The zero-order chi connectivity index (χ0) is 8.81. The summed E-state index contributed by atoms with van der Waals surface area (Å²) >= 11 is 0.922. The molecule has 0 saturated carbocycles. The van der Waals surface area contributed by atoms with Crippen molar-refractivity contribution < 1.29 is 9.90 Å². The highest BCUT2D eigenvalue weighted by atomic mass is 32.2. The lowest BCUT2D eigenvalue weighted by Gasteiger charge is -1.96. The van der Waals surface area contributed by atoms with Crippen molar-refractivity contribution in [1.82, 2.24) is 4.98 Å². The predicted octanol–water partition coefficient (Wildman–Crippen LogP) is 2.04. The number of nitrogens with zero attached hydrogens (tertiary/aromatic N) is 1. The highest BCUT2D eigenvalue weighted by Crippen LogP contribution is 2.06. The Morgan fingerprint density at radius 3 is 2.75 bits per heavy atom. The summed E-state index contributed by atoms with van der Waals surface area (Å²) in [5.74, 6) is 0.610. The highest BCUT2D eigenvalue weighted by molar-refractivity contribution is 8.13. The number of carbonyl (C=O) groups is 1. The van der Waals surface area contributed by atoms with Gasteiger partial charge in [0.1, 0.15) is 0 Å². The number of thioether (sulfide) groups is 1. The Balaban J connectivity index is 2.29. The van der Waals surface area contributed by atoms with Crippen LogP contribution in [0.4, 0.5) is 4.79 Å². The topological polar surface area (TPSA) is 50.2 Å². The van der Waals surface area contributed by atoms with E-state index in [1.807, 2.05) is 12.1 Å². The number of hydrogen-bond acceptors (Lipinski definition) is 3. The van der Waals surface area contributed by atoms with E-state index in [2.05, 4.69) is 4.98 Å². The van der Waals surface area contributed by atoms with Gasteiger partial charge in [-0.2, -0.15) is 0 Å². The first-order valence-electron chi connectivity index (χ1n) is 3.53. The van der Waals surface area contributed by atoms with Crippen LogP contribution >= 0.6 is 11.8 Å². The molecule has 0 saturated heterocycles. The zero-order valence-electron chi connectivity index (χ0n) is 6.43. The Bertz CT molecular complexity index is 250. The molecule has 0 aliphatic rings. The van der Waals surface area contributed by atoms with Gasteiger partial charge in [0, 0.05) is 18.1 Å². The predicted molar refractivity (Wildman–Crippen MR) is 48.4 cm³/mol. The van der Waals surface area contributed by atoms with Gasteiger partial charge in [-0.05, 0) is 35.9 Å². The molecule has 0 spiro atoms. The maximum Gasteiger partial charge on any atom is 0.364 e. The third-order valence-corrected chi connectivity index (χ3v) is 2.02. The summed E-state index contributed by atoms with van der Waals surface area (Å²) in [4.78, 5) is 14.0. The van der Waals surface area contributed by atoms with Gasteiger partial charge >= 0.3 is 5.30 Å². The van der Waals surface area contributed by atoms with E-state index in [1.165, 1.54) is 0 Å². The van der Waals surface area contributed by atoms with E-state index in [0.717, 1.165) is 23.7 Å². The summed E-state index contributed by atoms with van der Waals surface area (Å²) in [7, 11) is 0. The van der Waals surface area contributed by atoms with Gasteiger partial charge in [-0.15, -0.1) is 0 Å². The molecule has 3 nitrogen and oxygen atoms in total. The molecule has 0 aliphatic heterocycles. The van der Waals surface area contributed by atoms with Crippen LogP contribution in [-0.4, -0.2) is 21.1 Å². The van der Waals surface area contributed by atoms with Crippen molar-refractivity contribution in [2.45, 2.75) is 6.42 Å².